The van der Waals surface area contributed by atoms with E-state index in [9.17, 15) is 9.90 Å². The van der Waals surface area contributed by atoms with Gasteiger partial charge in [0.1, 0.15) is 17.0 Å². The quantitative estimate of drug-likeness (QED) is 0.741. The number of nitrogens with zero attached hydrogens (tertiary/aromatic N) is 4. The van der Waals surface area contributed by atoms with E-state index >= 15 is 0 Å². The fourth-order valence-electron chi connectivity index (χ4n) is 4.91. The number of aliphatic hydroxyl groups excluding tert-OH is 1. The first-order valence-electron chi connectivity index (χ1n) is 10.1. The number of amides is 1. The van der Waals surface area contributed by atoms with Crippen LogP contribution in [0, 0.1) is 18.8 Å². The molecule has 3 heterocycles. The van der Waals surface area contributed by atoms with Crippen LogP contribution >= 0.6 is 0 Å². The summed E-state index contributed by atoms with van der Waals surface area (Å²) >= 11 is 0. The number of aliphatic hydroxyl groups is 1. The van der Waals surface area contributed by atoms with Crippen molar-refractivity contribution in [3.05, 3.63) is 60.1 Å². The summed E-state index contributed by atoms with van der Waals surface area (Å²) in [6.07, 6.45) is 4.71. The number of hydrogen-bond donors (Lipinski definition) is 1. The highest BCUT2D eigenvalue weighted by Crippen LogP contribution is 2.42. The highest BCUT2D eigenvalue weighted by molar-refractivity contribution is 6.00. The van der Waals surface area contributed by atoms with Crippen LogP contribution < -0.4 is 0 Å². The zero-order valence-electron chi connectivity index (χ0n) is 16.3. The molecule has 1 N–H and O–H groups in total. The van der Waals surface area contributed by atoms with Gasteiger partial charge in [0.15, 0.2) is 0 Å². The first kappa shape index (κ1) is 18.1. The standard InChI is InChI=1S/C22H24N4O3/c1-14-20(21(24-29-14)15-6-3-2-4-7-15)22(28)25-12-16-10-18(26-9-5-8-23-26)19(27)11-17(16)13-25/h2-9,16-19,27H,10-13H2,1H3/t16-,17+,18-,19-/m1/s1. The van der Waals surface area contributed by atoms with Crippen molar-refractivity contribution in [1.82, 2.24) is 19.8 Å². The van der Waals surface area contributed by atoms with E-state index in [2.05, 4.69) is 10.3 Å². The average Bonchev–Trinajstić information content (AvgIpc) is 3.47. The summed E-state index contributed by atoms with van der Waals surface area (Å²) < 4.78 is 7.23. The predicted molar refractivity (Wildman–Crippen MR) is 106 cm³/mol. The molecule has 1 saturated heterocycles. The van der Waals surface area contributed by atoms with Gasteiger partial charge >= 0.3 is 0 Å². The van der Waals surface area contributed by atoms with Gasteiger partial charge in [0.05, 0.1) is 12.1 Å². The Morgan fingerprint density at radius 1 is 1.14 bits per heavy atom. The molecule has 0 bridgehead atoms. The van der Waals surface area contributed by atoms with Gasteiger partial charge in [0.2, 0.25) is 0 Å². The van der Waals surface area contributed by atoms with Crippen molar-refractivity contribution in [1.29, 1.82) is 0 Å². The fraction of sp³-hybridized carbons (Fsp3) is 0.409. The van der Waals surface area contributed by atoms with Gasteiger partial charge in [0.25, 0.3) is 5.91 Å². The number of carbonyl (C=O) groups is 1. The maximum Gasteiger partial charge on any atom is 0.259 e. The molecule has 4 atom stereocenters. The van der Waals surface area contributed by atoms with Gasteiger partial charge in [0, 0.05) is 31.0 Å². The van der Waals surface area contributed by atoms with E-state index in [1.165, 1.54) is 0 Å². The Morgan fingerprint density at radius 3 is 2.62 bits per heavy atom. The Bertz CT molecular complexity index is 999. The zero-order chi connectivity index (χ0) is 20.0. The molecule has 29 heavy (non-hydrogen) atoms. The Balaban J connectivity index is 1.38. The van der Waals surface area contributed by atoms with Crippen molar-refractivity contribution in [2.45, 2.75) is 31.9 Å². The predicted octanol–water partition coefficient (Wildman–Crippen LogP) is 2.93. The number of aryl methyl sites for hydroxylation is 1. The number of carbonyl (C=O) groups excluding carboxylic acids is 1. The zero-order valence-corrected chi connectivity index (χ0v) is 16.3. The Kier molecular flexibility index (Phi) is 4.47. The summed E-state index contributed by atoms with van der Waals surface area (Å²) in [5.74, 6) is 1.17. The Labute approximate surface area is 168 Å². The van der Waals surface area contributed by atoms with Crippen LogP contribution in [0.5, 0.6) is 0 Å². The topological polar surface area (TPSA) is 84.4 Å². The molecule has 1 aliphatic heterocycles. The first-order chi connectivity index (χ1) is 14.1. The third-order valence-electron chi connectivity index (χ3n) is 6.38. The molecule has 1 aliphatic carbocycles. The van der Waals surface area contributed by atoms with Crippen LogP contribution in [-0.4, -0.2) is 50.0 Å². The molecule has 2 fully saturated rings. The summed E-state index contributed by atoms with van der Waals surface area (Å²) in [6.45, 7) is 3.13. The molecule has 5 rings (SSSR count). The lowest BCUT2D eigenvalue weighted by Crippen LogP contribution is -2.36. The third kappa shape index (κ3) is 3.15. The van der Waals surface area contributed by atoms with Gasteiger partial charge in [-0.3, -0.25) is 9.48 Å². The summed E-state index contributed by atoms with van der Waals surface area (Å²) in [5, 5.41) is 19.1. The number of likely N-dealkylation sites (tertiary alicyclic amines) is 1. The van der Waals surface area contributed by atoms with Crippen molar-refractivity contribution in [3.63, 3.8) is 0 Å². The van der Waals surface area contributed by atoms with E-state index < -0.39 is 6.10 Å². The van der Waals surface area contributed by atoms with Crippen LogP contribution in [0.3, 0.4) is 0 Å². The average molecular weight is 392 g/mol. The van der Waals surface area contributed by atoms with Crippen LogP contribution in [-0.2, 0) is 0 Å². The van der Waals surface area contributed by atoms with Crippen LogP contribution in [0.2, 0.25) is 0 Å². The second-order valence-corrected chi connectivity index (χ2v) is 8.15. The normalized spacial score (nSPS) is 26.5. The van der Waals surface area contributed by atoms with E-state index in [1.54, 1.807) is 13.1 Å². The van der Waals surface area contributed by atoms with Crippen LogP contribution in [0.4, 0.5) is 0 Å². The number of benzene rings is 1. The number of fused-ring (bicyclic) bond motifs is 1. The van der Waals surface area contributed by atoms with Gasteiger partial charge in [-0.25, -0.2) is 0 Å². The fourth-order valence-corrected chi connectivity index (χ4v) is 4.91. The van der Waals surface area contributed by atoms with Gasteiger partial charge in [-0.1, -0.05) is 35.5 Å². The summed E-state index contributed by atoms with van der Waals surface area (Å²) in [6, 6.07) is 11.5. The molecule has 1 aromatic carbocycles. The molecule has 7 nitrogen and oxygen atoms in total. The SMILES string of the molecule is Cc1onc(-c2ccccc2)c1C(=O)N1C[C@H]2C[C@@H](n3cccn3)[C@H](O)C[C@H]2C1. The van der Waals surface area contributed by atoms with Crippen LogP contribution in [0.15, 0.2) is 53.3 Å². The van der Waals surface area contributed by atoms with E-state index in [-0.39, 0.29) is 11.9 Å². The lowest BCUT2D eigenvalue weighted by molar-refractivity contribution is 0.0306. The summed E-state index contributed by atoms with van der Waals surface area (Å²) in [7, 11) is 0. The van der Waals surface area contributed by atoms with Gasteiger partial charge in [-0.15, -0.1) is 0 Å². The van der Waals surface area contributed by atoms with E-state index in [1.807, 2.05) is 52.2 Å². The van der Waals surface area contributed by atoms with Crippen LogP contribution in [0.1, 0.15) is 35.0 Å². The monoisotopic (exact) mass is 392 g/mol. The van der Waals surface area contributed by atoms with Gasteiger partial charge < -0.3 is 14.5 Å². The second-order valence-electron chi connectivity index (χ2n) is 8.15. The molecule has 2 aromatic heterocycles. The van der Waals surface area contributed by atoms with Crippen LogP contribution in [0.25, 0.3) is 11.3 Å². The second kappa shape index (κ2) is 7.15. The molecule has 3 aromatic rings. The molecule has 2 aliphatic rings. The molecule has 0 spiro atoms. The molecule has 1 amide bonds. The summed E-state index contributed by atoms with van der Waals surface area (Å²) in [5.41, 5.74) is 2.01. The minimum absolute atomic E-state index is 0.0292. The van der Waals surface area contributed by atoms with Crippen molar-refractivity contribution >= 4 is 5.91 Å². The van der Waals surface area contributed by atoms with Crippen molar-refractivity contribution < 1.29 is 14.4 Å². The highest BCUT2D eigenvalue weighted by atomic mass is 16.5. The Morgan fingerprint density at radius 2 is 1.90 bits per heavy atom. The van der Waals surface area contributed by atoms with E-state index in [0.717, 1.165) is 12.0 Å². The molecular formula is C22H24N4O3. The van der Waals surface area contributed by atoms with E-state index in [4.69, 9.17) is 4.52 Å². The van der Waals surface area contributed by atoms with Gasteiger partial charge in [-0.05, 0) is 37.7 Å². The number of aromatic nitrogens is 3. The molecular weight excluding hydrogens is 368 g/mol. The summed E-state index contributed by atoms with van der Waals surface area (Å²) in [4.78, 5) is 15.3. The third-order valence-corrected chi connectivity index (χ3v) is 6.38. The van der Waals surface area contributed by atoms with Crippen molar-refractivity contribution in [2.75, 3.05) is 13.1 Å². The van der Waals surface area contributed by atoms with Gasteiger partial charge in [-0.2, -0.15) is 5.10 Å². The van der Waals surface area contributed by atoms with Crippen molar-refractivity contribution in [3.8, 4) is 11.3 Å². The molecule has 0 radical (unpaired) electrons. The minimum atomic E-state index is -0.441. The maximum atomic E-state index is 13.4. The largest absolute Gasteiger partial charge is 0.391 e. The maximum absolute atomic E-state index is 13.4. The molecule has 0 unspecified atom stereocenters. The lowest BCUT2D eigenvalue weighted by atomic mass is 9.77. The number of hydrogen-bond acceptors (Lipinski definition) is 5. The van der Waals surface area contributed by atoms with Crippen molar-refractivity contribution in [2.24, 2.45) is 11.8 Å². The number of rotatable bonds is 3. The van der Waals surface area contributed by atoms with E-state index in [0.29, 0.717) is 48.4 Å². The molecule has 1 saturated carbocycles. The first-order valence-corrected chi connectivity index (χ1v) is 10.1. The lowest BCUT2D eigenvalue weighted by Gasteiger charge is -2.35. The minimum Gasteiger partial charge on any atom is -0.391 e. The Hall–Kier alpha value is -2.93. The molecule has 150 valence electrons. The highest BCUT2D eigenvalue weighted by Gasteiger charge is 2.44. The molecule has 7 heteroatoms. The smallest absolute Gasteiger partial charge is 0.259 e.